The highest BCUT2D eigenvalue weighted by atomic mass is 35.5. The van der Waals surface area contributed by atoms with Gasteiger partial charge in [-0.1, -0.05) is 47.9 Å². The maximum absolute atomic E-state index is 13.6. The van der Waals surface area contributed by atoms with Crippen molar-refractivity contribution in [3.05, 3.63) is 85.5 Å². The van der Waals surface area contributed by atoms with Crippen molar-refractivity contribution in [1.29, 1.82) is 0 Å². The topological polar surface area (TPSA) is 91.0 Å². The molecule has 2 aromatic carbocycles. The summed E-state index contributed by atoms with van der Waals surface area (Å²) in [5, 5.41) is 0.812. The van der Waals surface area contributed by atoms with Crippen LogP contribution < -0.4 is 16.1 Å². The van der Waals surface area contributed by atoms with Crippen LogP contribution in [0.15, 0.2) is 58.1 Å². The third-order valence-corrected chi connectivity index (χ3v) is 6.08. The normalized spacial score (nSPS) is 15.2. The number of carbonyl (C=O) groups is 1. The lowest BCUT2D eigenvalue weighted by molar-refractivity contribution is -0.118. The Balaban J connectivity index is 1.89. The predicted octanol–water partition coefficient (Wildman–Crippen LogP) is 2.99. The first-order valence-corrected chi connectivity index (χ1v) is 10.2. The Morgan fingerprint density at radius 3 is 2.50 bits per heavy atom. The Labute approximate surface area is 187 Å². The molecule has 1 aliphatic heterocycles. The molecule has 1 unspecified atom stereocenters. The van der Waals surface area contributed by atoms with E-state index >= 15 is 0 Å². The van der Waals surface area contributed by atoms with E-state index in [9.17, 15) is 14.4 Å². The van der Waals surface area contributed by atoms with Crippen LogP contribution >= 0.6 is 11.6 Å². The van der Waals surface area contributed by atoms with Gasteiger partial charge < -0.3 is 4.98 Å². The maximum Gasteiger partial charge on any atom is 0.329 e. The first-order valence-electron chi connectivity index (χ1n) is 9.87. The van der Waals surface area contributed by atoms with E-state index in [-0.39, 0.29) is 17.8 Å². The first kappa shape index (κ1) is 19.9. The number of aromatic nitrogens is 3. The number of halogens is 1. The number of benzene rings is 2. The molecule has 0 fully saturated rings. The highest BCUT2D eigenvalue weighted by molar-refractivity contribution is 6.30. The molecule has 1 atom stereocenters. The standard InChI is InChI=1S/C24H17ClN4O3/c1-3-12-29-16-7-5-4-6-15(16)17(23(29)31)18-19-21(28(2)24(32)27-22(19)30)26-20(18)13-8-10-14(25)11-9-13/h1,4-11,17,26H,12H2,2H3,(H,27,30,32). The molecule has 5 rings (SSSR count). The van der Waals surface area contributed by atoms with Gasteiger partial charge >= 0.3 is 5.69 Å². The number of para-hydroxylation sites is 1. The van der Waals surface area contributed by atoms with Crippen molar-refractivity contribution in [2.24, 2.45) is 7.05 Å². The molecule has 2 N–H and O–H groups in total. The van der Waals surface area contributed by atoms with Crippen LogP contribution in [0.1, 0.15) is 17.0 Å². The molecule has 0 saturated heterocycles. The number of terminal acetylenes is 1. The quantitative estimate of drug-likeness (QED) is 0.476. The number of aromatic amines is 2. The lowest BCUT2D eigenvalue weighted by atomic mass is 9.89. The number of hydrogen-bond donors (Lipinski definition) is 2. The summed E-state index contributed by atoms with van der Waals surface area (Å²) in [6, 6.07) is 14.4. The van der Waals surface area contributed by atoms with Crippen LogP contribution in [0.2, 0.25) is 5.02 Å². The van der Waals surface area contributed by atoms with Crippen molar-refractivity contribution in [2.45, 2.75) is 5.92 Å². The number of anilines is 1. The Bertz CT molecular complexity index is 1550. The SMILES string of the molecule is C#CCN1C(=O)C(c2c(-c3ccc(Cl)cc3)[nH]c3c2c(=O)[nH]c(=O)n3C)c2ccccc21. The third-order valence-electron chi connectivity index (χ3n) is 5.83. The second-order valence-electron chi connectivity index (χ2n) is 7.58. The molecule has 32 heavy (non-hydrogen) atoms. The molecule has 8 heteroatoms. The van der Waals surface area contributed by atoms with E-state index in [4.69, 9.17) is 18.0 Å². The Morgan fingerprint density at radius 1 is 1.06 bits per heavy atom. The number of fused-ring (bicyclic) bond motifs is 2. The van der Waals surface area contributed by atoms with Crippen LogP contribution in [0.25, 0.3) is 22.3 Å². The number of rotatable bonds is 3. The molecule has 1 aliphatic rings. The van der Waals surface area contributed by atoms with Crippen LogP contribution in [0.4, 0.5) is 5.69 Å². The van der Waals surface area contributed by atoms with Crippen LogP contribution in [-0.2, 0) is 11.8 Å². The number of nitrogens with zero attached hydrogens (tertiary/aromatic N) is 2. The summed E-state index contributed by atoms with van der Waals surface area (Å²) < 4.78 is 1.32. The van der Waals surface area contributed by atoms with Gasteiger partial charge in [0.15, 0.2) is 0 Å². The minimum atomic E-state index is -0.766. The molecule has 1 amide bonds. The fourth-order valence-corrected chi connectivity index (χ4v) is 4.50. The van der Waals surface area contributed by atoms with E-state index in [0.29, 0.717) is 27.6 Å². The van der Waals surface area contributed by atoms with E-state index in [1.165, 1.54) is 4.57 Å². The van der Waals surface area contributed by atoms with Crippen LogP contribution in [0.5, 0.6) is 0 Å². The number of amides is 1. The molecule has 0 saturated carbocycles. The summed E-state index contributed by atoms with van der Waals surface area (Å²) in [5.41, 5.74) is 2.47. The lowest BCUT2D eigenvalue weighted by Gasteiger charge is -2.15. The van der Waals surface area contributed by atoms with Gasteiger partial charge in [0.05, 0.1) is 23.5 Å². The van der Waals surface area contributed by atoms with Crippen molar-refractivity contribution < 1.29 is 4.79 Å². The Hall–Kier alpha value is -4.02. The molecule has 2 aromatic heterocycles. The van der Waals surface area contributed by atoms with E-state index < -0.39 is 17.2 Å². The van der Waals surface area contributed by atoms with Gasteiger partial charge in [0.1, 0.15) is 5.65 Å². The van der Waals surface area contributed by atoms with Gasteiger partial charge in [0.25, 0.3) is 5.56 Å². The van der Waals surface area contributed by atoms with E-state index in [1.54, 1.807) is 36.2 Å². The maximum atomic E-state index is 13.6. The molecule has 3 heterocycles. The summed E-state index contributed by atoms with van der Waals surface area (Å²) in [6.07, 6.45) is 5.52. The van der Waals surface area contributed by atoms with Gasteiger partial charge in [-0.3, -0.25) is 24.0 Å². The average molecular weight is 445 g/mol. The molecular formula is C24H17ClN4O3. The largest absolute Gasteiger partial charge is 0.340 e. The average Bonchev–Trinajstić information content (AvgIpc) is 3.29. The molecule has 0 spiro atoms. The fraction of sp³-hybridized carbons (Fsp3) is 0.125. The summed E-state index contributed by atoms with van der Waals surface area (Å²) >= 11 is 6.07. The zero-order valence-electron chi connectivity index (χ0n) is 17.0. The summed E-state index contributed by atoms with van der Waals surface area (Å²) in [4.78, 5) is 46.0. The predicted molar refractivity (Wildman–Crippen MR) is 124 cm³/mol. The second-order valence-corrected chi connectivity index (χ2v) is 8.02. The van der Waals surface area contributed by atoms with Crippen molar-refractivity contribution in [3.63, 3.8) is 0 Å². The number of H-pyrrole nitrogens is 2. The molecule has 158 valence electrons. The number of carbonyl (C=O) groups excluding carboxylic acids is 1. The minimum absolute atomic E-state index is 0.111. The van der Waals surface area contributed by atoms with Crippen LogP contribution in [0, 0.1) is 12.3 Å². The van der Waals surface area contributed by atoms with Gasteiger partial charge in [-0.15, -0.1) is 6.42 Å². The number of nitrogens with one attached hydrogen (secondary N) is 2. The van der Waals surface area contributed by atoms with E-state index in [2.05, 4.69) is 15.9 Å². The third kappa shape index (κ3) is 2.81. The highest BCUT2D eigenvalue weighted by Crippen LogP contribution is 2.45. The van der Waals surface area contributed by atoms with Crippen molar-refractivity contribution >= 4 is 34.2 Å². The zero-order valence-corrected chi connectivity index (χ0v) is 17.7. The molecule has 0 radical (unpaired) electrons. The highest BCUT2D eigenvalue weighted by Gasteiger charge is 2.41. The van der Waals surface area contributed by atoms with Gasteiger partial charge in [-0.2, -0.15) is 0 Å². The van der Waals surface area contributed by atoms with E-state index in [0.717, 1.165) is 11.1 Å². The minimum Gasteiger partial charge on any atom is -0.340 e. The number of hydrogen-bond acceptors (Lipinski definition) is 3. The van der Waals surface area contributed by atoms with Crippen LogP contribution in [-0.4, -0.2) is 27.0 Å². The van der Waals surface area contributed by atoms with Crippen molar-refractivity contribution in [2.75, 3.05) is 11.4 Å². The smallest absolute Gasteiger partial charge is 0.329 e. The molecule has 4 aromatic rings. The first-order chi connectivity index (χ1) is 15.4. The summed E-state index contributed by atoms with van der Waals surface area (Å²) in [6.45, 7) is 0.111. The Morgan fingerprint density at radius 2 is 1.78 bits per heavy atom. The summed E-state index contributed by atoms with van der Waals surface area (Å²) in [7, 11) is 1.56. The fourth-order valence-electron chi connectivity index (χ4n) is 4.38. The number of aryl methyl sites for hydroxylation is 1. The van der Waals surface area contributed by atoms with Gasteiger partial charge in [0.2, 0.25) is 5.91 Å². The molecule has 7 nitrogen and oxygen atoms in total. The van der Waals surface area contributed by atoms with Crippen molar-refractivity contribution in [3.8, 4) is 23.6 Å². The molecule has 0 bridgehead atoms. The van der Waals surface area contributed by atoms with E-state index in [1.807, 2.05) is 24.3 Å². The van der Waals surface area contributed by atoms with Gasteiger partial charge in [-0.05, 0) is 29.3 Å². The Kier molecular flexibility index (Phi) is 4.54. The van der Waals surface area contributed by atoms with Gasteiger partial charge in [0, 0.05) is 23.3 Å². The second kappa shape index (κ2) is 7.29. The molecular weight excluding hydrogens is 428 g/mol. The summed E-state index contributed by atoms with van der Waals surface area (Å²) in [5.74, 6) is 1.54. The van der Waals surface area contributed by atoms with Gasteiger partial charge in [-0.25, -0.2) is 4.79 Å². The zero-order chi connectivity index (χ0) is 22.6. The van der Waals surface area contributed by atoms with Crippen LogP contribution in [0.3, 0.4) is 0 Å². The van der Waals surface area contributed by atoms with Crippen molar-refractivity contribution in [1.82, 2.24) is 14.5 Å². The monoisotopic (exact) mass is 444 g/mol. The molecule has 0 aliphatic carbocycles. The lowest BCUT2D eigenvalue weighted by Crippen LogP contribution is -2.31.